The molecule has 0 atom stereocenters. The number of hydrogen-bond donors (Lipinski definition) is 5. The molecule has 0 unspecified atom stereocenters. The normalized spacial score (nSPS) is 27.6. The summed E-state index contributed by atoms with van der Waals surface area (Å²) in [6.45, 7) is 0. The Balaban J connectivity index is 2.94. The highest BCUT2D eigenvalue weighted by Crippen LogP contribution is 2.46. The number of ketones is 1. The molecule has 0 aromatic rings. The fourth-order valence-electron chi connectivity index (χ4n) is 1.15. The first-order valence-corrected chi connectivity index (χ1v) is 5.48. The number of piperidine rings is 1. The molecule has 0 N–H and O–H groups in total. The minimum atomic E-state index is -1.03. The van der Waals surface area contributed by atoms with E-state index in [2.05, 4.69) is 63.4 Å². The van der Waals surface area contributed by atoms with Crippen LogP contribution in [0.25, 0.3) is 0 Å². The molecule has 1 aliphatic rings. The van der Waals surface area contributed by atoms with Crippen LogP contribution in [0.3, 0.4) is 0 Å². The van der Waals surface area contributed by atoms with Crippen LogP contribution in [0.1, 0.15) is 12.8 Å². The standard InChI is InChI=1S/C5H9NO2S5/c7-3-1-4(9,10)6(8-13)5(11,12)2-3/h9-13H,1-2H2. The molecule has 0 aliphatic carbocycles. The first kappa shape index (κ1) is 12.4. The van der Waals surface area contributed by atoms with Gasteiger partial charge in [0, 0.05) is 12.8 Å². The molecular weight excluding hydrogens is 266 g/mol. The number of thiol groups is 5. The molecule has 1 aliphatic heterocycles. The first-order valence-electron chi connectivity index (χ1n) is 3.33. The van der Waals surface area contributed by atoms with E-state index in [1.165, 1.54) is 5.06 Å². The van der Waals surface area contributed by atoms with Gasteiger partial charge >= 0.3 is 0 Å². The van der Waals surface area contributed by atoms with Gasteiger partial charge in [0.25, 0.3) is 0 Å². The third-order valence-corrected chi connectivity index (χ3v) is 3.12. The zero-order chi connectivity index (χ0) is 10.3. The Kier molecular flexibility index (Phi) is 3.89. The maximum atomic E-state index is 11.3. The molecule has 1 rings (SSSR count). The van der Waals surface area contributed by atoms with Gasteiger partial charge in [0.05, 0.1) is 0 Å². The molecule has 1 fully saturated rings. The Morgan fingerprint density at radius 2 is 1.54 bits per heavy atom. The highest BCUT2D eigenvalue weighted by atomic mass is 32.2. The summed E-state index contributed by atoms with van der Waals surface area (Å²) in [7, 11) is 0. The highest BCUT2D eigenvalue weighted by Gasteiger charge is 2.49. The smallest absolute Gasteiger partial charge is 0.142 e. The molecule has 3 nitrogen and oxygen atoms in total. The average molecular weight is 275 g/mol. The van der Waals surface area contributed by atoms with Gasteiger partial charge in [-0.3, -0.25) is 4.79 Å². The summed E-state index contributed by atoms with van der Waals surface area (Å²) in [6, 6.07) is 0. The van der Waals surface area contributed by atoms with Crippen molar-refractivity contribution < 1.29 is 9.08 Å². The van der Waals surface area contributed by atoms with Crippen molar-refractivity contribution in [2.45, 2.75) is 21.2 Å². The van der Waals surface area contributed by atoms with Crippen LogP contribution in [0.15, 0.2) is 0 Å². The fraction of sp³-hybridized carbons (Fsp3) is 0.800. The lowest BCUT2D eigenvalue weighted by Crippen LogP contribution is -2.54. The molecule has 13 heavy (non-hydrogen) atoms. The Morgan fingerprint density at radius 1 is 1.15 bits per heavy atom. The topological polar surface area (TPSA) is 29.5 Å². The fourth-order valence-corrected chi connectivity index (χ4v) is 3.56. The van der Waals surface area contributed by atoms with Crippen LogP contribution >= 0.6 is 63.4 Å². The van der Waals surface area contributed by atoms with Gasteiger partial charge in [0.15, 0.2) is 0 Å². The van der Waals surface area contributed by atoms with Crippen LogP contribution in [0.2, 0.25) is 0 Å². The molecule has 0 spiro atoms. The van der Waals surface area contributed by atoms with E-state index in [4.69, 9.17) is 4.28 Å². The second-order valence-electron chi connectivity index (χ2n) is 2.82. The van der Waals surface area contributed by atoms with E-state index in [-0.39, 0.29) is 18.6 Å². The summed E-state index contributed by atoms with van der Waals surface area (Å²) in [6.07, 6.45) is 0.311. The van der Waals surface area contributed by atoms with Crippen LogP contribution in [-0.2, 0) is 9.08 Å². The first-order chi connectivity index (χ1) is 5.79. The zero-order valence-corrected chi connectivity index (χ0v) is 10.9. The molecule has 0 aromatic heterocycles. The van der Waals surface area contributed by atoms with Crippen molar-refractivity contribution in [1.82, 2.24) is 5.06 Å². The van der Waals surface area contributed by atoms with E-state index in [0.29, 0.717) is 0 Å². The number of nitrogens with zero attached hydrogens (tertiary/aromatic N) is 1. The molecule has 1 saturated heterocycles. The Hall–Kier alpha value is 1.34. The van der Waals surface area contributed by atoms with E-state index in [0.717, 1.165) is 0 Å². The number of carbonyl (C=O) groups excluding carboxylic acids is 1. The summed E-state index contributed by atoms with van der Waals surface area (Å²) in [5, 5.41) is 1.25. The molecular formula is C5H9NO2S5. The van der Waals surface area contributed by atoms with Gasteiger partial charge in [0.2, 0.25) is 0 Å². The maximum Gasteiger partial charge on any atom is 0.142 e. The molecule has 8 heteroatoms. The second kappa shape index (κ2) is 4.07. The molecule has 1 heterocycles. The Morgan fingerprint density at radius 3 is 1.85 bits per heavy atom. The maximum absolute atomic E-state index is 11.3. The quantitative estimate of drug-likeness (QED) is 0.285. The Bertz CT molecular complexity index is 211. The predicted molar refractivity (Wildman–Crippen MR) is 67.6 cm³/mol. The third kappa shape index (κ3) is 2.67. The van der Waals surface area contributed by atoms with Crippen molar-refractivity contribution in [1.29, 1.82) is 0 Å². The predicted octanol–water partition coefficient (Wildman–Crippen LogP) is 1.45. The molecule has 0 bridgehead atoms. The van der Waals surface area contributed by atoms with Gasteiger partial charge in [-0.05, 0) is 12.9 Å². The summed E-state index contributed by atoms with van der Waals surface area (Å²) in [5.41, 5.74) is 0. The molecule has 0 radical (unpaired) electrons. The molecule has 76 valence electrons. The van der Waals surface area contributed by atoms with Crippen molar-refractivity contribution in [3.63, 3.8) is 0 Å². The second-order valence-corrected chi connectivity index (χ2v) is 6.65. The monoisotopic (exact) mass is 275 g/mol. The minimum absolute atomic E-state index is 0.0170. The van der Waals surface area contributed by atoms with Crippen LogP contribution < -0.4 is 0 Å². The van der Waals surface area contributed by atoms with Crippen molar-refractivity contribution in [2.24, 2.45) is 0 Å². The van der Waals surface area contributed by atoms with E-state index >= 15 is 0 Å². The van der Waals surface area contributed by atoms with E-state index < -0.39 is 8.41 Å². The lowest BCUT2D eigenvalue weighted by atomic mass is 10.1. The highest BCUT2D eigenvalue weighted by molar-refractivity contribution is 8.02. The molecule has 0 saturated carbocycles. The van der Waals surface area contributed by atoms with Crippen molar-refractivity contribution >= 4 is 69.2 Å². The van der Waals surface area contributed by atoms with Gasteiger partial charge in [0.1, 0.15) is 14.2 Å². The molecule has 0 amide bonds. The number of Topliss-reactive ketones (excluding diaryl/α,β-unsaturated/α-hetero) is 1. The SMILES string of the molecule is O=C1CC(S)(S)N(OS)C(S)(S)C1. The van der Waals surface area contributed by atoms with Gasteiger partial charge in [-0.1, -0.05) is 0 Å². The summed E-state index contributed by atoms with van der Waals surface area (Å²) in [4.78, 5) is 11.3. The molecule has 0 aromatic carbocycles. The van der Waals surface area contributed by atoms with Crippen LogP contribution in [0, 0.1) is 0 Å². The van der Waals surface area contributed by atoms with Gasteiger partial charge in [-0.25, -0.2) is 4.28 Å². The van der Waals surface area contributed by atoms with Crippen LogP contribution in [-0.4, -0.2) is 19.3 Å². The van der Waals surface area contributed by atoms with Crippen LogP contribution in [0.5, 0.6) is 0 Å². The lowest BCUT2D eigenvalue weighted by Gasteiger charge is -2.45. The van der Waals surface area contributed by atoms with E-state index in [1.54, 1.807) is 0 Å². The largest absolute Gasteiger partial charge is 0.299 e. The average Bonchev–Trinajstić information content (AvgIpc) is 1.79. The zero-order valence-electron chi connectivity index (χ0n) is 6.41. The van der Waals surface area contributed by atoms with Gasteiger partial charge in [-0.15, -0.1) is 55.6 Å². The summed E-state index contributed by atoms with van der Waals surface area (Å²) < 4.78 is 2.69. The van der Waals surface area contributed by atoms with Gasteiger partial charge < -0.3 is 0 Å². The Labute approximate surface area is 104 Å². The number of hydroxylamine groups is 2. The number of rotatable bonds is 1. The van der Waals surface area contributed by atoms with E-state index in [9.17, 15) is 4.79 Å². The van der Waals surface area contributed by atoms with E-state index in [1.807, 2.05) is 0 Å². The summed E-state index contributed by atoms with van der Waals surface area (Å²) in [5.74, 6) is -0.0170. The number of carbonyl (C=O) groups is 1. The van der Waals surface area contributed by atoms with Crippen molar-refractivity contribution in [3.8, 4) is 0 Å². The minimum Gasteiger partial charge on any atom is -0.299 e. The van der Waals surface area contributed by atoms with Gasteiger partial charge in [-0.2, -0.15) is 0 Å². The van der Waals surface area contributed by atoms with Crippen LogP contribution in [0.4, 0.5) is 0 Å². The lowest BCUT2D eigenvalue weighted by molar-refractivity contribution is -0.139. The number of hydrogen-bond acceptors (Lipinski definition) is 8. The van der Waals surface area contributed by atoms with Crippen molar-refractivity contribution in [3.05, 3.63) is 0 Å². The third-order valence-electron chi connectivity index (χ3n) is 1.60. The summed E-state index contributed by atoms with van der Waals surface area (Å²) >= 11 is 20.3. The van der Waals surface area contributed by atoms with Crippen molar-refractivity contribution in [2.75, 3.05) is 0 Å².